The summed E-state index contributed by atoms with van der Waals surface area (Å²) in [6, 6.07) is 24.3. The fraction of sp³-hybridized carbons (Fsp3) is 0.448. The van der Waals surface area contributed by atoms with Gasteiger partial charge < -0.3 is 16.2 Å². The van der Waals surface area contributed by atoms with E-state index >= 15 is 0 Å². The van der Waals surface area contributed by atoms with Gasteiger partial charge in [-0.1, -0.05) is 60.7 Å². The van der Waals surface area contributed by atoms with Crippen molar-refractivity contribution < 1.29 is 4.74 Å². The highest BCUT2D eigenvalue weighted by Gasteiger charge is 2.35. The van der Waals surface area contributed by atoms with Crippen molar-refractivity contribution in [1.82, 2.24) is 16.4 Å². The molecular formula is C29H41N3OS. The zero-order chi connectivity index (χ0) is 23.1. The van der Waals surface area contributed by atoms with Crippen LogP contribution in [0.15, 0.2) is 72.1 Å². The second kappa shape index (κ2) is 12.6. The smallest absolute Gasteiger partial charge is 0.0933 e. The lowest BCUT2D eigenvalue weighted by Crippen LogP contribution is -2.48. The number of piperidine rings is 1. The number of rotatable bonds is 10. The molecule has 0 radical (unpaired) electrons. The molecule has 1 fully saturated rings. The van der Waals surface area contributed by atoms with Gasteiger partial charge in [0.25, 0.3) is 0 Å². The minimum atomic E-state index is 0. The van der Waals surface area contributed by atoms with Crippen molar-refractivity contribution in [1.29, 1.82) is 0 Å². The van der Waals surface area contributed by atoms with Gasteiger partial charge in [-0.15, -0.1) is 11.3 Å². The summed E-state index contributed by atoms with van der Waals surface area (Å²) < 4.78 is 6.38. The molecule has 0 aliphatic carbocycles. The van der Waals surface area contributed by atoms with Gasteiger partial charge in [0, 0.05) is 17.0 Å². The van der Waals surface area contributed by atoms with E-state index in [-0.39, 0.29) is 17.8 Å². The average Bonchev–Trinajstić information content (AvgIpc) is 3.36. The number of benzene rings is 2. The molecule has 4 N–H and O–H groups in total. The van der Waals surface area contributed by atoms with Gasteiger partial charge in [-0.2, -0.15) is 0 Å². The van der Waals surface area contributed by atoms with Crippen LogP contribution < -0.4 is 11.5 Å². The van der Waals surface area contributed by atoms with Crippen molar-refractivity contribution in [3.05, 3.63) is 93.7 Å². The molecule has 0 spiro atoms. The van der Waals surface area contributed by atoms with Gasteiger partial charge in [-0.05, 0) is 87.3 Å². The maximum absolute atomic E-state index is 6.38. The number of thiophene rings is 1. The van der Waals surface area contributed by atoms with E-state index in [1.807, 2.05) is 7.05 Å². The summed E-state index contributed by atoms with van der Waals surface area (Å²) in [4.78, 5) is 3.97. The Labute approximate surface area is 209 Å². The van der Waals surface area contributed by atoms with Crippen LogP contribution in [-0.2, 0) is 17.9 Å². The Hall–Kier alpha value is -2.02. The van der Waals surface area contributed by atoms with E-state index < -0.39 is 0 Å². The SMILES string of the molecule is CNCCC(OCc1cccc(CN2CCC(c3ccccc3)CC2(C)C)c1)c1cccs1.N. The quantitative estimate of drug-likeness (QED) is 0.331. The van der Waals surface area contributed by atoms with Crippen molar-refractivity contribution >= 4 is 11.3 Å². The predicted molar refractivity (Wildman–Crippen MR) is 145 cm³/mol. The third kappa shape index (κ3) is 7.00. The van der Waals surface area contributed by atoms with Gasteiger partial charge in [0.15, 0.2) is 0 Å². The fourth-order valence-corrected chi connectivity index (χ4v) is 5.85. The highest BCUT2D eigenvalue weighted by Crippen LogP contribution is 2.38. The normalized spacial score (nSPS) is 18.9. The lowest BCUT2D eigenvalue weighted by atomic mass is 9.79. The first-order chi connectivity index (χ1) is 16.0. The van der Waals surface area contributed by atoms with E-state index in [1.54, 1.807) is 11.3 Å². The minimum absolute atomic E-state index is 0. The van der Waals surface area contributed by atoms with Gasteiger partial charge in [0.05, 0.1) is 12.7 Å². The topological polar surface area (TPSA) is 59.5 Å². The van der Waals surface area contributed by atoms with E-state index in [4.69, 9.17) is 4.74 Å². The Kier molecular flexibility index (Phi) is 9.86. The van der Waals surface area contributed by atoms with Crippen molar-refractivity contribution in [3.8, 4) is 0 Å². The summed E-state index contributed by atoms with van der Waals surface area (Å²) in [7, 11) is 2.00. The Morgan fingerprint density at radius 2 is 1.85 bits per heavy atom. The first kappa shape index (κ1) is 26.6. The zero-order valence-corrected chi connectivity index (χ0v) is 21.8. The van der Waals surface area contributed by atoms with E-state index in [0.717, 1.165) is 26.1 Å². The van der Waals surface area contributed by atoms with Crippen molar-refractivity contribution in [3.63, 3.8) is 0 Å². The highest BCUT2D eigenvalue weighted by atomic mass is 32.1. The van der Waals surface area contributed by atoms with Crippen LogP contribution in [0.4, 0.5) is 0 Å². The van der Waals surface area contributed by atoms with Crippen LogP contribution in [0.2, 0.25) is 0 Å². The minimum Gasteiger partial charge on any atom is -0.368 e. The molecule has 1 aliphatic rings. The summed E-state index contributed by atoms with van der Waals surface area (Å²) in [6.45, 7) is 8.55. The van der Waals surface area contributed by atoms with E-state index in [0.29, 0.717) is 12.5 Å². The van der Waals surface area contributed by atoms with Crippen LogP contribution in [0.1, 0.15) is 66.7 Å². The number of hydrogen-bond donors (Lipinski definition) is 2. The van der Waals surface area contributed by atoms with E-state index in [9.17, 15) is 0 Å². The Morgan fingerprint density at radius 3 is 2.56 bits per heavy atom. The van der Waals surface area contributed by atoms with Crippen molar-refractivity contribution in [2.75, 3.05) is 20.1 Å². The monoisotopic (exact) mass is 479 g/mol. The van der Waals surface area contributed by atoms with Crippen LogP contribution in [-0.4, -0.2) is 30.6 Å². The van der Waals surface area contributed by atoms with Gasteiger partial charge in [-0.25, -0.2) is 0 Å². The molecule has 5 heteroatoms. The van der Waals surface area contributed by atoms with Crippen molar-refractivity contribution in [2.45, 2.75) is 63.8 Å². The molecule has 0 amide bonds. The first-order valence-corrected chi connectivity index (χ1v) is 13.1. The van der Waals surface area contributed by atoms with Crippen LogP contribution in [0.5, 0.6) is 0 Å². The molecular weight excluding hydrogens is 438 g/mol. The Morgan fingerprint density at radius 1 is 1.06 bits per heavy atom. The zero-order valence-electron chi connectivity index (χ0n) is 21.0. The number of ether oxygens (including phenoxy) is 1. The lowest BCUT2D eigenvalue weighted by Gasteiger charge is -2.46. The Bertz CT molecular complexity index is 974. The van der Waals surface area contributed by atoms with Crippen LogP contribution in [0, 0.1) is 0 Å². The summed E-state index contributed by atoms with van der Waals surface area (Å²) in [5.74, 6) is 0.656. The first-order valence-electron chi connectivity index (χ1n) is 12.2. The summed E-state index contributed by atoms with van der Waals surface area (Å²) in [5.41, 5.74) is 4.31. The van der Waals surface area contributed by atoms with Gasteiger partial charge in [0.2, 0.25) is 0 Å². The largest absolute Gasteiger partial charge is 0.368 e. The molecule has 34 heavy (non-hydrogen) atoms. The second-order valence-electron chi connectivity index (χ2n) is 9.86. The third-order valence-corrected chi connectivity index (χ3v) is 7.92. The highest BCUT2D eigenvalue weighted by molar-refractivity contribution is 7.10. The molecule has 2 atom stereocenters. The number of nitrogens with zero attached hydrogens (tertiary/aromatic N) is 1. The van der Waals surface area contributed by atoms with Crippen LogP contribution in [0.3, 0.4) is 0 Å². The van der Waals surface area contributed by atoms with Gasteiger partial charge >= 0.3 is 0 Å². The second-order valence-corrected chi connectivity index (χ2v) is 10.8. The maximum Gasteiger partial charge on any atom is 0.0933 e. The van der Waals surface area contributed by atoms with Crippen LogP contribution in [0.25, 0.3) is 0 Å². The molecule has 1 aliphatic heterocycles. The predicted octanol–water partition coefficient (Wildman–Crippen LogP) is 6.94. The molecule has 0 bridgehead atoms. The lowest BCUT2D eigenvalue weighted by molar-refractivity contribution is 0.0365. The Balaban J connectivity index is 0.00000324. The molecule has 1 aromatic heterocycles. The number of nitrogens with one attached hydrogen (secondary N) is 1. The summed E-state index contributed by atoms with van der Waals surface area (Å²) in [5, 5.41) is 5.39. The van der Waals surface area contributed by atoms with Crippen LogP contribution >= 0.6 is 11.3 Å². The number of likely N-dealkylation sites (tertiary alicyclic amines) is 1. The third-order valence-electron chi connectivity index (χ3n) is 6.95. The number of hydrogen-bond acceptors (Lipinski definition) is 5. The summed E-state index contributed by atoms with van der Waals surface area (Å²) in [6.07, 6.45) is 3.57. The average molecular weight is 480 g/mol. The van der Waals surface area contributed by atoms with Gasteiger partial charge in [-0.3, -0.25) is 4.90 Å². The molecule has 1 saturated heterocycles. The fourth-order valence-electron chi connectivity index (χ4n) is 5.04. The van der Waals surface area contributed by atoms with Gasteiger partial charge in [0.1, 0.15) is 0 Å². The summed E-state index contributed by atoms with van der Waals surface area (Å²) >= 11 is 1.78. The molecule has 2 heterocycles. The molecule has 2 aromatic carbocycles. The van der Waals surface area contributed by atoms with E-state index in [1.165, 1.54) is 34.4 Å². The maximum atomic E-state index is 6.38. The molecule has 3 aromatic rings. The van der Waals surface area contributed by atoms with Crippen molar-refractivity contribution in [2.24, 2.45) is 0 Å². The molecule has 0 saturated carbocycles. The molecule has 4 rings (SSSR count). The molecule has 4 nitrogen and oxygen atoms in total. The van der Waals surface area contributed by atoms with E-state index in [2.05, 4.69) is 96.2 Å². The standard InChI is InChI=1S/C29H38N2OS.H3N/c1-29(2)20-26(25-11-5-4-6-12-25)15-17-31(29)21-23-9-7-10-24(19-23)22-32-27(14-16-30-3)28-13-8-18-33-28;/h4-13,18-19,26-27,30H,14-17,20-22H2,1-3H3;1H3. The molecule has 184 valence electrons. The molecule has 2 unspecified atom stereocenters.